The molecule has 1 heterocycles. The number of ether oxygens (including phenoxy) is 1. The van der Waals surface area contributed by atoms with Crippen LogP contribution in [0.4, 0.5) is 5.82 Å². The van der Waals surface area contributed by atoms with Crippen molar-refractivity contribution in [1.82, 2.24) is 15.3 Å². The average molecular weight is 228 g/mol. The third kappa shape index (κ3) is 3.56. The fourth-order valence-electron chi connectivity index (χ4n) is 1.14. The quantitative estimate of drug-likeness (QED) is 0.692. The minimum absolute atomic E-state index is 0.471. The first-order valence-electron chi connectivity index (χ1n) is 4.62. The molecule has 0 aromatic carbocycles. The fraction of sp³-hybridized carbons (Fsp3) is 0.556. The summed E-state index contributed by atoms with van der Waals surface area (Å²) >= 11 is 1.79. The topological polar surface area (TPSA) is 73.1 Å². The summed E-state index contributed by atoms with van der Waals surface area (Å²) in [6, 6.07) is 0. The molecular formula is C9H16N4OS. The van der Waals surface area contributed by atoms with Gasteiger partial charge in [-0.1, -0.05) is 0 Å². The minimum Gasteiger partial charge on any atom is -0.481 e. The number of methoxy groups -OCH3 is 1. The Balaban J connectivity index is 2.58. The van der Waals surface area contributed by atoms with Gasteiger partial charge < -0.3 is 15.8 Å². The van der Waals surface area contributed by atoms with E-state index in [4.69, 9.17) is 10.5 Å². The number of thioether (sulfide) groups is 1. The van der Waals surface area contributed by atoms with Gasteiger partial charge in [-0.3, -0.25) is 0 Å². The predicted molar refractivity (Wildman–Crippen MR) is 63.1 cm³/mol. The Morgan fingerprint density at radius 1 is 1.53 bits per heavy atom. The van der Waals surface area contributed by atoms with E-state index in [0.29, 0.717) is 18.2 Å². The summed E-state index contributed by atoms with van der Waals surface area (Å²) in [7, 11) is 1.58. The molecule has 0 saturated carbocycles. The number of nitrogens with two attached hydrogens (primary N) is 1. The summed E-state index contributed by atoms with van der Waals surface area (Å²) in [5, 5.41) is 3.26. The van der Waals surface area contributed by atoms with Crippen molar-refractivity contribution >= 4 is 17.6 Å². The van der Waals surface area contributed by atoms with Crippen molar-refractivity contribution in [2.24, 2.45) is 0 Å². The smallest absolute Gasteiger partial charge is 0.222 e. The van der Waals surface area contributed by atoms with Gasteiger partial charge >= 0.3 is 0 Å². The second-order valence-corrected chi connectivity index (χ2v) is 3.90. The van der Waals surface area contributed by atoms with E-state index in [0.717, 1.165) is 17.9 Å². The number of anilines is 1. The summed E-state index contributed by atoms with van der Waals surface area (Å²) < 4.78 is 5.11. The van der Waals surface area contributed by atoms with Crippen LogP contribution in [0, 0.1) is 0 Å². The highest BCUT2D eigenvalue weighted by Crippen LogP contribution is 2.18. The van der Waals surface area contributed by atoms with E-state index in [2.05, 4.69) is 21.5 Å². The van der Waals surface area contributed by atoms with Crippen LogP contribution >= 0.6 is 11.8 Å². The summed E-state index contributed by atoms with van der Waals surface area (Å²) in [5.41, 5.74) is 6.56. The van der Waals surface area contributed by atoms with Gasteiger partial charge in [0, 0.05) is 18.8 Å². The van der Waals surface area contributed by atoms with Gasteiger partial charge in [-0.25, -0.2) is 9.97 Å². The molecule has 0 amide bonds. The summed E-state index contributed by atoms with van der Waals surface area (Å²) in [5.74, 6) is 2.08. The van der Waals surface area contributed by atoms with E-state index in [9.17, 15) is 0 Å². The molecule has 0 fully saturated rings. The zero-order valence-corrected chi connectivity index (χ0v) is 9.80. The maximum absolute atomic E-state index is 5.74. The number of hydrogen-bond donors (Lipinski definition) is 2. The van der Waals surface area contributed by atoms with Gasteiger partial charge in [-0.2, -0.15) is 11.8 Å². The summed E-state index contributed by atoms with van der Waals surface area (Å²) in [6.45, 7) is 1.56. The normalized spacial score (nSPS) is 10.3. The first kappa shape index (κ1) is 12.1. The molecule has 0 aliphatic heterocycles. The molecule has 0 saturated heterocycles. The van der Waals surface area contributed by atoms with Crippen LogP contribution in [0.25, 0.3) is 0 Å². The van der Waals surface area contributed by atoms with E-state index in [1.54, 1.807) is 18.9 Å². The van der Waals surface area contributed by atoms with Crippen molar-refractivity contribution in [1.29, 1.82) is 0 Å². The number of nitrogen functional groups attached to an aromatic ring is 1. The van der Waals surface area contributed by atoms with Crippen LogP contribution in [0.15, 0.2) is 6.33 Å². The van der Waals surface area contributed by atoms with Crippen LogP contribution in [0.1, 0.15) is 5.56 Å². The molecule has 0 radical (unpaired) electrons. The van der Waals surface area contributed by atoms with Gasteiger partial charge in [-0.05, 0) is 6.26 Å². The lowest BCUT2D eigenvalue weighted by Gasteiger charge is -2.09. The molecule has 0 aliphatic carbocycles. The van der Waals surface area contributed by atoms with Crippen LogP contribution in [-0.2, 0) is 6.54 Å². The third-order valence-corrected chi connectivity index (χ3v) is 2.53. The van der Waals surface area contributed by atoms with E-state index < -0.39 is 0 Å². The average Bonchev–Trinajstić information content (AvgIpc) is 2.26. The molecule has 15 heavy (non-hydrogen) atoms. The Kier molecular flexibility index (Phi) is 5.20. The molecule has 6 heteroatoms. The molecule has 0 spiro atoms. The van der Waals surface area contributed by atoms with Crippen LogP contribution in [0.5, 0.6) is 5.88 Å². The number of hydrogen-bond acceptors (Lipinski definition) is 6. The highest BCUT2D eigenvalue weighted by atomic mass is 32.2. The maximum Gasteiger partial charge on any atom is 0.222 e. The fourth-order valence-corrected chi connectivity index (χ4v) is 1.49. The van der Waals surface area contributed by atoms with Crippen molar-refractivity contribution in [2.75, 3.05) is 31.4 Å². The SMILES string of the molecule is COc1ncnc(N)c1CNCCSC. The van der Waals surface area contributed by atoms with Crippen molar-refractivity contribution < 1.29 is 4.74 Å². The standard InChI is InChI=1S/C9H16N4OS/c1-14-9-7(5-11-3-4-15-2)8(10)12-6-13-9/h6,11H,3-5H2,1-2H3,(H2,10,12,13). The first-order chi connectivity index (χ1) is 7.29. The molecule has 84 valence electrons. The molecule has 1 aromatic heterocycles. The van der Waals surface area contributed by atoms with E-state index in [1.807, 2.05) is 0 Å². The van der Waals surface area contributed by atoms with E-state index in [1.165, 1.54) is 6.33 Å². The first-order valence-corrected chi connectivity index (χ1v) is 6.02. The Morgan fingerprint density at radius 2 is 2.33 bits per heavy atom. The molecule has 0 unspecified atom stereocenters. The molecule has 0 bridgehead atoms. The second kappa shape index (κ2) is 6.47. The van der Waals surface area contributed by atoms with Gasteiger partial charge in [0.25, 0.3) is 0 Å². The Hall–Kier alpha value is -1.01. The lowest BCUT2D eigenvalue weighted by atomic mass is 10.3. The van der Waals surface area contributed by atoms with Gasteiger partial charge in [-0.15, -0.1) is 0 Å². The predicted octanol–water partition coefficient (Wildman–Crippen LogP) is 0.520. The maximum atomic E-state index is 5.74. The summed E-state index contributed by atoms with van der Waals surface area (Å²) in [6.07, 6.45) is 3.47. The summed E-state index contributed by atoms with van der Waals surface area (Å²) in [4.78, 5) is 7.93. The number of nitrogens with one attached hydrogen (secondary N) is 1. The van der Waals surface area contributed by atoms with Gasteiger partial charge in [0.05, 0.1) is 12.7 Å². The molecule has 0 aliphatic rings. The van der Waals surface area contributed by atoms with Gasteiger partial charge in [0.15, 0.2) is 0 Å². The van der Waals surface area contributed by atoms with E-state index >= 15 is 0 Å². The van der Waals surface area contributed by atoms with Crippen LogP contribution in [-0.4, -0.2) is 35.6 Å². The van der Waals surface area contributed by atoms with Crippen molar-refractivity contribution in [3.05, 3.63) is 11.9 Å². The van der Waals surface area contributed by atoms with Gasteiger partial charge in [0.1, 0.15) is 12.1 Å². The lowest BCUT2D eigenvalue weighted by Crippen LogP contribution is -2.18. The third-order valence-electron chi connectivity index (χ3n) is 1.92. The molecule has 3 N–H and O–H groups in total. The monoisotopic (exact) mass is 228 g/mol. The van der Waals surface area contributed by atoms with Crippen molar-refractivity contribution in [3.63, 3.8) is 0 Å². The number of nitrogens with zero attached hydrogens (tertiary/aromatic N) is 2. The van der Waals surface area contributed by atoms with E-state index in [-0.39, 0.29) is 0 Å². The zero-order valence-electron chi connectivity index (χ0n) is 8.99. The van der Waals surface area contributed by atoms with Crippen molar-refractivity contribution in [2.45, 2.75) is 6.54 Å². The minimum atomic E-state index is 0.471. The Bertz CT molecular complexity index is 308. The molecular weight excluding hydrogens is 212 g/mol. The Labute approximate surface area is 93.8 Å². The highest BCUT2D eigenvalue weighted by molar-refractivity contribution is 7.98. The molecule has 1 rings (SSSR count). The van der Waals surface area contributed by atoms with Crippen LogP contribution in [0.3, 0.4) is 0 Å². The zero-order chi connectivity index (χ0) is 11.1. The van der Waals surface area contributed by atoms with Crippen LogP contribution in [0.2, 0.25) is 0 Å². The number of aromatic nitrogens is 2. The number of rotatable bonds is 6. The second-order valence-electron chi connectivity index (χ2n) is 2.92. The molecule has 5 nitrogen and oxygen atoms in total. The highest BCUT2D eigenvalue weighted by Gasteiger charge is 2.08. The Morgan fingerprint density at radius 3 is 3.00 bits per heavy atom. The van der Waals surface area contributed by atoms with Crippen LogP contribution < -0.4 is 15.8 Å². The van der Waals surface area contributed by atoms with Gasteiger partial charge in [0.2, 0.25) is 5.88 Å². The molecule has 0 atom stereocenters. The molecule has 1 aromatic rings. The lowest BCUT2D eigenvalue weighted by molar-refractivity contribution is 0.390. The largest absolute Gasteiger partial charge is 0.481 e. The van der Waals surface area contributed by atoms with Crippen molar-refractivity contribution in [3.8, 4) is 5.88 Å².